The average Bonchev–Trinajstić information content (AvgIpc) is 2.27. The topological polar surface area (TPSA) is 130 Å². The summed E-state index contributed by atoms with van der Waals surface area (Å²) >= 11 is 0. The smallest absolute Gasteiger partial charge is 0.277 e. The molecule has 9 heteroatoms. The largest absolute Gasteiger partial charge is 0.867 e. The van der Waals surface area contributed by atoms with Crippen molar-refractivity contribution in [3.05, 3.63) is 37.9 Å². The fourth-order valence-electron chi connectivity index (χ4n) is 1.24. The van der Waals surface area contributed by atoms with E-state index in [1.165, 1.54) is 14.1 Å². The lowest BCUT2D eigenvalue weighted by molar-refractivity contribution is -0.403. The highest BCUT2D eigenvalue weighted by Crippen LogP contribution is 2.32. The molecule has 0 saturated heterocycles. The van der Waals surface area contributed by atoms with Crippen LogP contribution in [0.3, 0.4) is 0 Å². The van der Waals surface area contributed by atoms with E-state index in [0.29, 0.717) is 6.07 Å². The van der Waals surface area contributed by atoms with Gasteiger partial charge in [0.2, 0.25) is 0 Å². The molecule has 0 radical (unpaired) electrons. The van der Waals surface area contributed by atoms with Gasteiger partial charge in [0.25, 0.3) is 17.3 Å². The summed E-state index contributed by atoms with van der Waals surface area (Å²) in [4.78, 5) is 31.8. The Morgan fingerprint density at radius 1 is 1.17 bits per heavy atom. The number of non-ortho nitro benzene ring substituents is 1. The van der Waals surface area contributed by atoms with Crippen LogP contribution in [0.25, 0.3) is 0 Å². The number of hydrogen-bond donors (Lipinski definition) is 0. The van der Waals surface area contributed by atoms with Crippen LogP contribution in [0, 0.1) is 20.2 Å². The Labute approximate surface area is 101 Å². The van der Waals surface area contributed by atoms with Crippen molar-refractivity contribution in [3.8, 4) is 5.75 Å². The molecule has 0 heterocycles. The number of carbonyl (C=O) groups excluding carboxylic acids is 1. The summed E-state index contributed by atoms with van der Waals surface area (Å²) in [5.41, 5.74) is -2.26. The maximum atomic E-state index is 11.6. The minimum absolute atomic E-state index is 0.536. The summed E-state index contributed by atoms with van der Waals surface area (Å²) in [6.45, 7) is 0. The first-order valence-electron chi connectivity index (χ1n) is 4.61. The number of benzene rings is 1. The van der Waals surface area contributed by atoms with Crippen molar-refractivity contribution in [2.24, 2.45) is 0 Å². The number of nitro groups is 2. The molecule has 1 rings (SSSR count). The van der Waals surface area contributed by atoms with Crippen LogP contribution in [-0.4, -0.2) is 34.7 Å². The predicted molar refractivity (Wildman–Crippen MR) is 57.2 cm³/mol. The fraction of sp³-hybridized carbons (Fsp3) is 0.222. The van der Waals surface area contributed by atoms with Gasteiger partial charge < -0.3 is 10.0 Å². The molecule has 1 aromatic rings. The van der Waals surface area contributed by atoms with E-state index in [0.717, 1.165) is 11.0 Å². The Hall–Kier alpha value is -2.71. The molecule has 0 atom stereocenters. The van der Waals surface area contributed by atoms with Gasteiger partial charge in [-0.25, -0.2) is 0 Å². The second kappa shape index (κ2) is 4.65. The third-order valence-electron chi connectivity index (χ3n) is 2.10. The zero-order chi connectivity index (χ0) is 14.0. The van der Waals surface area contributed by atoms with Gasteiger partial charge in [0.15, 0.2) is 0 Å². The minimum atomic E-state index is -1.13. The molecule has 1 aromatic carbocycles. The van der Waals surface area contributed by atoms with Crippen molar-refractivity contribution >= 4 is 17.3 Å². The van der Waals surface area contributed by atoms with Crippen molar-refractivity contribution in [2.45, 2.75) is 0 Å². The zero-order valence-electron chi connectivity index (χ0n) is 9.45. The first-order valence-corrected chi connectivity index (χ1v) is 4.61. The molecule has 0 aliphatic heterocycles. The van der Waals surface area contributed by atoms with Gasteiger partial charge in [-0.1, -0.05) is 0 Å². The number of nitro benzene ring substituents is 2. The molecule has 18 heavy (non-hydrogen) atoms. The quantitative estimate of drug-likeness (QED) is 0.562. The van der Waals surface area contributed by atoms with E-state index in [1.807, 2.05) is 0 Å². The molecule has 0 bridgehead atoms. The van der Waals surface area contributed by atoms with E-state index >= 15 is 0 Å². The Kier molecular flexibility index (Phi) is 3.45. The molecule has 0 spiro atoms. The first kappa shape index (κ1) is 13.4. The van der Waals surface area contributed by atoms with Crippen LogP contribution in [0.15, 0.2) is 12.1 Å². The molecular weight excluding hydrogens is 246 g/mol. The SMILES string of the molecule is CN(C)C(=O)c1cc([N+](=O)[O-])cc([N+](=O)[O-])c1[O-]. The molecule has 0 aromatic heterocycles. The van der Waals surface area contributed by atoms with Gasteiger partial charge in [-0.15, -0.1) is 0 Å². The lowest BCUT2D eigenvalue weighted by Gasteiger charge is -2.16. The van der Waals surface area contributed by atoms with Crippen LogP contribution in [0.4, 0.5) is 11.4 Å². The minimum Gasteiger partial charge on any atom is -0.867 e. The molecule has 0 fully saturated rings. The third kappa shape index (κ3) is 2.34. The Bertz CT molecular complexity index is 539. The van der Waals surface area contributed by atoms with Gasteiger partial charge in [-0.3, -0.25) is 25.0 Å². The summed E-state index contributed by atoms with van der Waals surface area (Å²) in [6, 6.07) is 1.27. The molecule has 0 aliphatic carbocycles. The number of hydrogen-bond acceptors (Lipinski definition) is 6. The van der Waals surface area contributed by atoms with E-state index in [1.54, 1.807) is 0 Å². The Balaban J connectivity index is 3.55. The monoisotopic (exact) mass is 254 g/mol. The van der Waals surface area contributed by atoms with Crippen LogP contribution in [0.5, 0.6) is 5.75 Å². The lowest BCUT2D eigenvalue weighted by atomic mass is 10.1. The van der Waals surface area contributed by atoms with E-state index in [9.17, 15) is 30.1 Å². The van der Waals surface area contributed by atoms with Crippen molar-refractivity contribution < 1.29 is 19.7 Å². The molecule has 0 saturated carbocycles. The molecular formula is C9H8N3O6-. The highest BCUT2D eigenvalue weighted by molar-refractivity contribution is 5.98. The van der Waals surface area contributed by atoms with Crippen molar-refractivity contribution in [1.29, 1.82) is 0 Å². The first-order chi connectivity index (χ1) is 8.25. The highest BCUT2D eigenvalue weighted by atomic mass is 16.6. The second-order valence-corrected chi connectivity index (χ2v) is 3.56. The predicted octanol–water partition coefficient (Wildman–Crippen LogP) is 0.278. The average molecular weight is 254 g/mol. The second-order valence-electron chi connectivity index (χ2n) is 3.56. The summed E-state index contributed by atoms with van der Waals surface area (Å²) in [5, 5.41) is 32.8. The number of rotatable bonds is 3. The molecule has 1 amide bonds. The summed E-state index contributed by atoms with van der Waals surface area (Å²) in [7, 11) is 2.65. The summed E-state index contributed by atoms with van der Waals surface area (Å²) in [5.74, 6) is -1.96. The Morgan fingerprint density at radius 3 is 2.11 bits per heavy atom. The van der Waals surface area contributed by atoms with Gasteiger partial charge in [-0.2, -0.15) is 0 Å². The van der Waals surface area contributed by atoms with Gasteiger partial charge >= 0.3 is 0 Å². The number of carbonyl (C=O) groups is 1. The molecule has 96 valence electrons. The van der Waals surface area contributed by atoms with Crippen LogP contribution in [0.1, 0.15) is 10.4 Å². The van der Waals surface area contributed by atoms with Crippen LogP contribution in [0.2, 0.25) is 0 Å². The van der Waals surface area contributed by atoms with Crippen LogP contribution < -0.4 is 5.11 Å². The number of nitrogens with zero attached hydrogens (tertiary/aromatic N) is 3. The highest BCUT2D eigenvalue weighted by Gasteiger charge is 2.22. The van der Waals surface area contributed by atoms with Crippen LogP contribution in [-0.2, 0) is 0 Å². The lowest BCUT2D eigenvalue weighted by Crippen LogP contribution is -2.23. The normalized spacial score (nSPS) is 9.89. The standard InChI is InChI=1S/C9H9N3O6/c1-10(2)9(14)6-3-5(11(15)16)4-7(8(6)13)12(17)18/h3-4,13H,1-2H3/p-1. The van der Waals surface area contributed by atoms with Gasteiger partial charge in [0.1, 0.15) is 0 Å². The number of amides is 1. The van der Waals surface area contributed by atoms with Crippen molar-refractivity contribution in [1.82, 2.24) is 4.90 Å². The Morgan fingerprint density at radius 2 is 1.72 bits per heavy atom. The van der Waals surface area contributed by atoms with Crippen molar-refractivity contribution in [2.75, 3.05) is 14.1 Å². The molecule has 0 aliphatic rings. The van der Waals surface area contributed by atoms with Crippen molar-refractivity contribution in [3.63, 3.8) is 0 Å². The maximum absolute atomic E-state index is 11.6. The summed E-state index contributed by atoms with van der Waals surface area (Å²) in [6.07, 6.45) is 0. The molecule has 0 unspecified atom stereocenters. The van der Waals surface area contributed by atoms with Gasteiger partial charge in [0, 0.05) is 25.7 Å². The fourth-order valence-corrected chi connectivity index (χ4v) is 1.24. The van der Waals surface area contributed by atoms with E-state index in [2.05, 4.69) is 0 Å². The van der Waals surface area contributed by atoms with E-state index in [4.69, 9.17) is 0 Å². The van der Waals surface area contributed by atoms with E-state index in [-0.39, 0.29) is 0 Å². The van der Waals surface area contributed by atoms with Gasteiger partial charge in [0.05, 0.1) is 15.9 Å². The third-order valence-corrected chi connectivity index (χ3v) is 2.10. The summed E-state index contributed by atoms with van der Waals surface area (Å²) < 4.78 is 0. The molecule has 0 N–H and O–H groups in total. The maximum Gasteiger partial charge on any atom is 0.277 e. The molecule has 9 nitrogen and oxygen atoms in total. The van der Waals surface area contributed by atoms with Gasteiger partial charge in [-0.05, 0) is 5.75 Å². The zero-order valence-corrected chi connectivity index (χ0v) is 9.45. The van der Waals surface area contributed by atoms with E-state index < -0.39 is 38.4 Å². The van der Waals surface area contributed by atoms with Crippen LogP contribution >= 0.6 is 0 Å².